The fourth-order valence-electron chi connectivity index (χ4n) is 2.07. The van der Waals surface area contributed by atoms with E-state index in [1.807, 2.05) is 0 Å². The number of anilines is 1. The number of sulfonamides is 1. The van der Waals surface area contributed by atoms with Crippen LogP contribution in [-0.2, 0) is 14.8 Å². The van der Waals surface area contributed by atoms with Gasteiger partial charge in [0.2, 0.25) is 15.9 Å². The molecule has 0 aromatic heterocycles. The summed E-state index contributed by atoms with van der Waals surface area (Å²) in [4.78, 5) is 13.7. The molecule has 1 amide bonds. The highest BCUT2D eigenvalue weighted by molar-refractivity contribution is 9.09. The Balaban J connectivity index is 2.32. The number of carbonyl (C=O) groups excluding carboxylic acids is 1. The van der Waals surface area contributed by atoms with Crippen molar-refractivity contribution in [2.24, 2.45) is 5.92 Å². The summed E-state index contributed by atoms with van der Waals surface area (Å²) in [5.74, 6) is 0.306. The quantitative estimate of drug-likeness (QED) is 0.836. The molecule has 7 heteroatoms. The standard InChI is InChI=1S/C12H15BrN2O3S/c1-14-19(17,18)11-4-2-3-10(6-11)15-8-9(7-13)5-12(15)16/h2-4,6,9,14H,5,7-8H2,1H3. The lowest BCUT2D eigenvalue weighted by Gasteiger charge is -2.17. The Labute approximate surface area is 121 Å². The van der Waals surface area contributed by atoms with E-state index in [4.69, 9.17) is 0 Å². The molecule has 1 N–H and O–H groups in total. The van der Waals surface area contributed by atoms with Gasteiger partial charge in [-0.15, -0.1) is 0 Å². The van der Waals surface area contributed by atoms with E-state index in [0.717, 1.165) is 5.33 Å². The lowest BCUT2D eigenvalue weighted by molar-refractivity contribution is -0.117. The molecule has 2 rings (SSSR count). The topological polar surface area (TPSA) is 66.5 Å². The van der Waals surface area contributed by atoms with Crippen LogP contribution in [0.2, 0.25) is 0 Å². The van der Waals surface area contributed by atoms with Crippen molar-refractivity contribution in [3.05, 3.63) is 24.3 Å². The van der Waals surface area contributed by atoms with Crippen molar-refractivity contribution in [1.29, 1.82) is 0 Å². The van der Waals surface area contributed by atoms with Crippen LogP contribution in [0.15, 0.2) is 29.2 Å². The monoisotopic (exact) mass is 346 g/mol. The van der Waals surface area contributed by atoms with Crippen LogP contribution in [0.3, 0.4) is 0 Å². The SMILES string of the molecule is CNS(=O)(=O)c1cccc(N2CC(CBr)CC2=O)c1. The van der Waals surface area contributed by atoms with Crippen LogP contribution in [0.25, 0.3) is 0 Å². The third-order valence-corrected chi connectivity index (χ3v) is 5.46. The highest BCUT2D eigenvalue weighted by atomic mass is 79.9. The smallest absolute Gasteiger partial charge is 0.240 e. The van der Waals surface area contributed by atoms with E-state index in [1.165, 1.54) is 19.2 Å². The molecule has 0 saturated carbocycles. The van der Waals surface area contributed by atoms with E-state index in [1.54, 1.807) is 17.0 Å². The molecule has 0 spiro atoms. The minimum atomic E-state index is -3.48. The molecule has 1 heterocycles. The van der Waals surface area contributed by atoms with Crippen molar-refractivity contribution in [2.75, 3.05) is 23.8 Å². The summed E-state index contributed by atoms with van der Waals surface area (Å²) in [7, 11) is -2.12. The van der Waals surface area contributed by atoms with Crippen molar-refractivity contribution in [1.82, 2.24) is 4.72 Å². The van der Waals surface area contributed by atoms with Crippen molar-refractivity contribution in [3.8, 4) is 0 Å². The lowest BCUT2D eigenvalue weighted by atomic mass is 10.2. The summed E-state index contributed by atoms with van der Waals surface area (Å²) in [6, 6.07) is 6.44. The van der Waals surface area contributed by atoms with E-state index >= 15 is 0 Å². The zero-order valence-corrected chi connectivity index (χ0v) is 12.9. The highest BCUT2D eigenvalue weighted by Crippen LogP contribution is 2.27. The Morgan fingerprint density at radius 3 is 2.79 bits per heavy atom. The van der Waals surface area contributed by atoms with E-state index in [2.05, 4.69) is 20.7 Å². The second-order valence-corrected chi connectivity index (χ2v) is 6.97. The van der Waals surface area contributed by atoms with Gasteiger partial charge in [0.15, 0.2) is 0 Å². The third kappa shape index (κ3) is 2.98. The number of carbonyl (C=O) groups is 1. The number of benzene rings is 1. The van der Waals surface area contributed by atoms with Crippen molar-refractivity contribution in [2.45, 2.75) is 11.3 Å². The van der Waals surface area contributed by atoms with Gasteiger partial charge in [-0.1, -0.05) is 22.0 Å². The maximum Gasteiger partial charge on any atom is 0.240 e. The molecule has 1 aromatic rings. The average molecular weight is 347 g/mol. The number of nitrogens with zero attached hydrogens (tertiary/aromatic N) is 1. The molecule has 1 aliphatic heterocycles. The number of halogens is 1. The number of nitrogens with one attached hydrogen (secondary N) is 1. The second kappa shape index (κ2) is 5.60. The molecule has 1 fully saturated rings. The van der Waals surface area contributed by atoms with Crippen LogP contribution >= 0.6 is 15.9 Å². The molecule has 0 aliphatic carbocycles. The largest absolute Gasteiger partial charge is 0.312 e. The minimum absolute atomic E-state index is 0.0310. The van der Waals surface area contributed by atoms with Gasteiger partial charge in [-0.2, -0.15) is 0 Å². The average Bonchev–Trinajstić information content (AvgIpc) is 2.80. The molecule has 1 aromatic carbocycles. The Bertz CT molecular complexity index is 588. The van der Waals surface area contributed by atoms with E-state index in [9.17, 15) is 13.2 Å². The number of alkyl halides is 1. The molecule has 1 unspecified atom stereocenters. The summed E-state index contributed by atoms with van der Waals surface area (Å²) in [5, 5.41) is 0.768. The van der Waals surface area contributed by atoms with Gasteiger partial charge in [-0.3, -0.25) is 4.79 Å². The Morgan fingerprint density at radius 2 is 2.21 bits per heavy atom. The molecular formula is C12H15BrN2O3S. The van der Waals surface area contributed by atoms with E-state index in [0.29, 0.717) is 18.7 Å². The molecule has 0 bridgehead atoms. The van der Waals surface area contributed by atoms with Crippen molar-refractivity contribution in [3.63, 3.8) is 0 Å². The second-order valence-electron chi connectivity index (χ2n) is 4.43. The minimum Gasteiger partial charge on any atom is -0.312 e. The molecular weight excluding hydrogens is 332 g/mol. The summed E-state index contributed by atoms with van der Waals surface area (Å²) < 4.78 is 25.8. The summed E-state index contributed by atoms with van der Waals surface area (Å²) in [6.45, 7) is 0.618. The number of rotatable bonds is 4. The number of hydrogen-bond acceptors (Lipinski definition) is 3. The maximum absolute atomic E-state index is 11.9. The van der Waals surface area contributed by atoms with Crippen LogP contribution in [0, 0.1) is 5.92 Å². The van der Waals surface area contributed by atoms with Crippen LogP contribution in [-0.4, -0.2) is 33.2 Å². The number of hydrogen-bond donors (Lipinski definition) is 1. The lowest BCUT2D eigenvalue weighted by Crippen LogP contribution is -2.25. The normalized spacial score (nSPS) is 20.0. The van der Waals surface area contributed by atoms with Crippen LogP contribution < -0.4 is 9.62 Å². The Kier molecular flexibility index (Phi) is 4.27. The van der Waals surface area contributed by atoms with Gasteiger partial charge in [0.05, 0.1) is 4.90 Å². The van der Waals surface area contributed by atoms with Gasteiger partial charge in [0, 0.05) is 24.0 Å². The fourth-order valence-corrected chi connectivity index (χ4v) is 3.27. The molecule has 1 atom stereocenters. The fraction of sp³-hybridized carbons (Fsp3) is 0.417. The van der Waals surface area contributed by atoms with Crippen LogP contribution in [0.5, 0.6) is 0 Å². The molecule has 19 heavy (non-hydrogen) atoms. The van der Waals surface area contributed by atoms with Gasteiger partial charge in [-0.05, 0) is 31.2 Å². The van der Waals surface area contributed by atoms with E-state index < -0.39 is 10.0 Å². The van der Waals surface area contributed by atoms with Crippen molar-refractivity contribution < 1.29 is 13.2 Å². The van der Waals surface area contributed by atoms with Crippen molar-refractivity contribution >= 4 is 37.5 Å². The van der Waals surface area contributed by atoms with Gasteiger partial charge in [-0.25, -0.2) is 13.1 Å². The first-order chi connectivity index (χ1) is 8.97. The third-order valence-electron chi connectivity index (χ3n) is 3.13. The maximum atomic E-state index is 11.9. The Hall–Kier alpha value is -0.920. The molecule has 0 radical (unpaired) electrons. The van der Waals surface area contributed by atoms with Crippen LogP contribution in [0.4, 0.5) is 5.69 Å². The summed E-state index contributed by atoms with van der Waals surface area (Å²) in [5.41, 5.74) is 0.629. The molecule has 1 aliphatic rings. The van der Waals surface area contributed by atoms with Gasteiger partial charge >= 0.3 is 0 Å². The Morgan fingerprint density at radius 1 is 1.47 bits per heavy atom. The molecule has 5 nitrogen and oxygen atoms in total. The summed E-state index contributed by atoms with van der Waals surface area (Å²) in [6.07, 6.45) is 0.494. The van der Waals surface area contributed by atoms with Gasteiger partial charge in [0.1, 0.15) is 0 Å². The first kappa shape index (κ1) is 14.5. The highest BCUT2D eigenvalue weighted by Gasteiger charge is 2.30. The number of amides is 1. The van der Waals surface area contributed by atoms with Gasteiger partial charge in [0.25, 0.3) is 0 Å². The van der Waals surface area contributed by atoms with Gasteiger partial charge < -0.3 is 4.90 Å². The molecule has 104 valence electrons. The zero-order chi connectivity index (χ0) is 14.0. The first-order valence-electron chi connectivity index (χ1n) is 5.88. The summed E-state index contributed by atoms with van der Waals surface area (Å²) >= 11 is 3.38. The molecule has 1 saturated heterocycles. The van der Waals surface area contributed by atoms with E-state index in [-0.39, 0.29) is 16.7 Å². The zero-order valence-electron chi connectivity index (χ0n) is 10.5. The predicted octanol–water partition coefficient (Wildman–Crippen LogP) is 1.34. The predicted molar refractivity (Wildman–Crippen MR) is 76.9 cm³/mol. The van der Waals surface area contributed by atoms with Crippen LogP contribution in [0.1, 0.15) is 6.42 Å². The first-order valence-corrected chi connectivity index (χ1v) is 8.48.